The van der Waals surface area contributed by atoms with Crippen molar-refractivity contribution in [3.05, 3.63) is 46.0 Å². The molecule has 1 aliphatic heterocycles. The van der Waals surface area contributed by atoms with Gasteiger partial charge in [-0.3, -0.25) is 9.69 Å². The maximum absolute atomic E-state index is 13.3. The van der Waals surface area contributed by atoms with Crippen molar-refractivity contribution in [2.45, 2.75) is 38.8 Å². The molecule has 4 nitrogen and oxygen atoms in total. The molecule has 0 saturated heterocycles. The molecule has 1 aromatic carbocycles. The minimum absolute atomic E-state index is 0.0736. The first-order chi connectivity index (χ1) is 12.1. The van der Waals surface area contributed by atoms with Gasteiger partial charge in [-0.2, -0.15) is 0 Å². The monoisotopic (exact) mass is 363 g/mol. The van der Waals surface area contributed by atoms with E-state index in [1.165, 1.54) is 23.5 Å². The van der Waals surface area contributed by atoms with E-state index in [-0.39, 0.29) is 11.8 Å². The first-order valence-electron chi connectivity index (χ1n) is 8.53. The van der Waals surface area contributed by atoms with Gasteiger partial charge < -0.3 is 5.32 Å². The van der Waals surface area contributed by atoms with Crippen LogP contribution in [0.4, 0.5) is 13.9 Å². The number of hydrogen-bond acceptors (Lipinski definition) is 4. The molecule has 1 saturated carbocycles. The highest BCUT2D eigenvalue weighted by Gasteiger charge is 2.27. The van der Waals surface area contributed by atoms with Crippen LogP contribution in [0.25, 0.3) is 0 Å². The van der Waals surface area contributed by atoms with Gasteiger partial charge in [0, 0.05) is 42.9 Å². The third kappa shape index (κ3) is 3.72. The summed E-state index contributed by atoms with van der Waals surface area (Å²) in [6.07, 6.45) is 3.84. The summed E-state index contributed by atoms with van der Waals surface area (Å²) in [5.41, 5.74) is 1.65. The van der Waals surface area contributed by atoms with Crippen molar-refractivity contribution in [3.8, 4) is 0 Å². The number of rotatable bonds is 4. The van der Waals surface area contributed by atoms with Crippen molar-refractivity contribution in [2.75, 3.05) is 11.9 Å². The van der Waals surface area contributed by atoms with Crippen LogP contribution in [-0.2, 0) is 24.3 Å². The van der Waals surface area contributed by atoms with Gasteiger partial charge in [0.1, 0.15) is 11.6 Å². The van der Waals surface area contributed by atoms with Gasteiger partial charge in [0.2, 0.25) is 5.91 Å². The number of aromatic nitrogens is 1. The summed E-state index contributed by atoms with van der Waals surface area (Å²) in [7, 11) is 0. The van der Waals surface area contributed by atoms with Crippen molar-refractivity contribution < 1.29 is 13.6 Å². The van der Waals surface area contributed by atoms with Crippen LogP contribution in [0.3, 0.4) is 0 Å². The van der Waals surface area contributed by atoms with E-state index in [0.717, 1.165) is 48.9 Å². The fourth-order valence-electron chi connectivity index (χ4n) is 3.28. The van der Waals surface area contributed by atoms with Crippen LogP contribution < -0.4 is 5.32 Å². The molecule has 25 heavy (non-hydrogen) atoms. The Hall–Kier alpha value is -1.86. The number of nitrogens with one attached hydrogen (secondary N) is 1. The summed E-state index contributed by atoms with van der Waals surface area (Å²) in [5.74, 6) is -0.886. The first kappa shape index (κ1) is 16.6. The summed E-state index contributed by atoms with van der Waals surface area (Å²) in [4.78, 5) is 19.9. The van der Waals surface area contributed by atoms with Crippen molar-refractivity contribution in [2.24, 2.45) is 5.92 Å². The maximum atomic E-state index is 13.3. The van der Waals surface area contributed by atoms with Crippen LogP contribution in [-0.4, -0.2) is 22.3 Å². The quantitative estimate of drug-likeness (QED) is 0.901. The van der Waals surface area contributed by atoms with E-state index in [4.69, 9.17) is 0 Å². The number of anilines is 1. The Kier molecular flexibility index (Phi) is 4.52. The van der Waals surface area contributed by atoms with Crippen molar-refractivity contribution >= 4 is 22.4 Å². The SMILES string of the molecule is O=C(Nc1nc2c(s1)CN(Cc1cc(F)cc(F)c1)CC2)C1CCC1. The molecule has 7 heteroatoms. The van der Waals surface area contributed by atoms with Crippen LogP contribution in [0.15, 0.2) is 18.2 Å². The number of amides is 1. The average Bonchev–Trinajstić information content (AvgIpc) is 2.85. The lowest BCUT2D eigenvalue weighted by Gasteiger charge is -2.25. The molecular weight excluding hydrogens is 344 g/mol. The van der Waals surface area contributed by atoms with Crippen molar-refractivity contribution in [3.63, 3.8) is 0 Å². The Morgan fingerprint density at radius 1 is 1.28 bits per heavy atom. The normalized spacial score (nSPS) is 17.8. The second-order valence-corrected chi connectivity index (χ2v) is 7.83. The largest absolute Gasteiger partial charge is 0.302 e. The topological polar surface area (TPSA) is 45.2 Å². The van der Waals surface area contributed by atoms with Gasteiger partial charge in [-0.25, -0.2) is 13.8 Å². The fourth-order valence-corrected chi connectivity index (χ4v) is 4.33. The summed E-state index contributed by atoms with van der Waals surface area (Å²) >= 11 is 1.50. The van der Waals surface area contributed by atoms with E-state index in [9.17, 15) is 13.6 Å². The zero-order valence-corrected chi connectivity index (χ0v) is 14.5. The molecule has 0 radical (unpaired) electrons. The van der Waals surface area contributed by atoms with Gasteiger partial charge in [0.15, 0.2) is 5.13 Å². The smallest absolute Gasteiger partial charge is 0.229 e. The Morgan fingerprint density at radius 2 is 2.04 bits per heavy atom. The Balaban J connectivity index is 1.41. The number of fused-ring (bicyclic) bond motifs is 1. The highest BCUT2D eigenvalue weighted by Crippen LogP contribution is 2.31. The Morgan fingerprint density at radius 3 is 2.72 bits per heavy atom. The number of hydrogen-bond donors (Lipinski definition) is 1. The van der Waals surface area contributed by atoms with E-state index in [1.807, 2.05) is 0 Å². The summed E-state index contributed by atoms with van der Waals surface area (Å²) in [5, 5.41) is 3.60. The van der Waals surface area contributed by atoms with Gasteiger partial charge in [-0.15, -0.1) is 11.3 Å². The van der Waals surface area contributed by atoms with Crippen molar-refractivity contribution in [1.82, 2.24) is 9.88 Å². The molecule has 4 rings (SSSR count). The molecule has 1 aliphatic carbocycles. The van der Waals surface area contributed by atoms with Gasteiger partial charge in [0.25, 0.3) is 0 Å². The van der Waals surface area contributed by atoms with Gasteiger partial charge >= 0.3 is 0 Å². The molecule has 1 fully saturated rings. The zero-order valence-electron chi connectivity index (χ0n) is 13.7. The minimum atomic E-state index is -0.550. The van der Waals surface area contributed by atoms with E-state index in [1.54, 1.807) is 0 Å². The zero-order chi connectivity index (χ0) is 17.4. The minimum Gasteiger partial charge on any atom is -0.302 e. The summed E-state index contributed by atoms with van der Waals surface area (Å²) in [6.45, 7) is 1.96. The lowest BCUT2D eigenvalue weighted by molar-refractivity contribution is -0.122. The molecule has 0 bridgehead atoms. The molecule has 0 unspecified atom stereocenters. The molecule has 2 heterocycles. The van der Waals surface area contributed by atoms with Crippen LogP contribution in [0.2, 0.25) is 0 Å². The third-order valence-electron chi connectivity index (χ3n) is 4.84. The highest BCUT2D eigenvalue weighted by molar-refractivity contribution is 7.15. The fraction of sp³-hybridized carbons (Fsp3) is 0.444. The number of halogens is 2. The predicted octanol–water partition coefficient (Wildman–Crippen LogP) is 3.72. The molecule has 0 atom stereocenters. The Labute approximate surface area is 148 Å². The molecule has 0 spiro atoms. The predicted molar refractivity (Wildman–Crippen MR) is 92.3 cm³/mol. The van der Waals surface area contributed by atoms with E-state index in [0.29, 0.717) is 23.8 Å². The molecule has 132 valence electrons. The second-order valence-electron chi connectivity index (χ2n) is 6.74. The number of carbonyl (C=O) groups is 1. The average molecular weight is 363 g/mol. The third-order valence-corrected chi connectivity index (χ3v) is 5.84. The molecule has 1 amide bonds. The van der Waals surface area contributed by atoms with Crippen LogP contribution in [0.5, 0.6) is 0 Å². The van der Waals surface area contributed by atoms with Gasteiger partial charge in [-0.05, 0) is 30.5 Å². The molecule has 1 aromatic heterocycles. The number of thiazole rings is 1. The molecule has 1 N–H and O–H groups in total. The molecular formula is C18H19F2N3OS. The lowest BCUT2D eigenvalue weighted by Crippen LogP contribution is -2.29. The number of carbonyl (C=O) groups excluding carboxylic acids is 1. The van der Waals surface area contributed by atoms with E-state index < -0.39 is 11.6 Å². The number of benzene rings is 1. The number of nitrogens with zero attached hydrogens (tertiary/aromatic N) is 2. The van der Waals surface area contributed by atoms with E-state index in [2.05, 4.69) is 15.2 Å². The standard InChI is InChI=1S/C18H19F2N3OS/c19-13-6-11(7-14(20)8-13)9-23-5-4-15-16(10-23)25-18(21-15)22-17(24)12-2-1-3-12/h6-8,12H,1-5,9-10H2,(H,21,22,24). The van der Waals surface area contributed by atoms with Gasteiger partial charge in [-0.1, -0.05) is 6.42 Å². The van der Waals surface area contributed by atoms with E-state index >= 15 is 0 Å². The van der Waals surface area contributed by atoms with Crippen LogP contribution in [0, 0.1) is 17.6 Å². The van der Waals surface area contributed by atoms with Crippen LogP contribution >= 0.6 is 11.3 Å². The lowest BCUT2D eigenvalue weighted by atomic mass is 9.85. The molecule has 2 aliphatic rings. The maximum Gasteiger partial charge on any atom is 0.229 e. The second kappa shape index (κ2) is 6.80. The van der Waals surface area contributed by atoms with Gasteiger partial charge in [0.05, 0.1) is 5.69 Å². The Bertz CT molecular complexity index is 783. The highest BCUT2D eigenvalue weighted by atomic mass is 32.1. The first-order valence-corrected chi connectivity index (χ1v) is 9.35. The summed E-state index contributed by atoms with van der Waals surface area (Å²) < 4.78 is 26.7. The van der Waals surface area contributed by atoms with Crippen LogP contribution in [0.1, 0.15) is 35.4 Å². The molecule has 2 aromatic rings. The van der Waals surface area contributed by atoms with Crippen molar-refractivity contribution in [1.29, 1.82) is 0 Å². The summed E-state index contributed by atoms with van der Waals surface area (Å²) in [6, 6.07) is 3.63.